The maximum Gasteiger partial charge on any atom is 0.457 e. The van der Waals surface area contributed by atoms with Gasteiger partial charge in [-0.25, -0.2) is 0 Å². The number of methoxy groups -OCH3 is 1. The Balaban J connectivity index is 2.60. The van der Waals surface area contributed by atoms with Crippen molar-refractivity contribution >= 4 is 13.1 Å². The lowest BCUT2D eigenvalue weighted by molar-refractivity contribution is -0.147. The fourth-order valence-electron chi connectivity index (χ4n) is 3.37. The van der Waals surface area contributed by atoms with Crippen LogP contribution in [-0.2, 0) is 18.8 Å². The van der Waals surface area contributed by atoms with Gasteiger partial charge in [-0.15, -0.1) is 6.58 Å². The third-order valence-electron chi connectivity index (χ3n) is 5.44. The number of hydrogen-bond acceptors (Lipinski definition) is 4. The van der Waals surface area contributed by atoms with E-state index in [4.69, 9.17) is 14.0 Å². The second-order valence-electron chi connectivity index (χ2n) is 8.08. The average molecular weight is 338 g/mol. The molecule has 1 rings (SSSR count). The lowest BCUT2D eigenvalue weighted by Crippen LogP contribution is -2.41. The summed E-state index contributed by atoms with van der Waals surface area (Å²) < 4.78 is 17.1. The van der Waals surface area contributed by atoms with Crippen molar-refractivity contribution in [1.29, 1.82) is 0 Å². The van der Waals surface area contributed by atoms with E-state index in [0.29, 0.717) is 0 Å². The summed E-state index contributed by atoms with van der Waals surface area (Å²) in [5.74, 6) is 0.0896. The molecule has 0 aromatic heterocycles. The van der Waals surface area contributed by atoms with Crippen LogP contribution in [-0.4, -0.2) is 31.4 Å². The van der Waals surface area contributed by atoms with Crippen molar-refractivity contribution in [2.75, 3.05) is 7.11 Å². The Morgan fingerprint density at radius 2 is 1.75 bits per heavy atom. The zero-order valence-electron chi connectivity index (χ0n) is 16.6. The molecule has 1 heterocycles. The first kappa shape index (κ1) is 21.2. The minimum absolute atomic E-state index is 0.0648. The summed E-state index contributed by atoms with van der Waals surface area (Å²) in [4.78, 5) is 12.1. The van der Waals surface area contributed by atoms with Gasteiger partial charge in [-0.3, -0.25) is 4.79 Å². The van der Waals surface area contributed by atoms with E-state index in [1.54, 1.807) is 0 Å². The molecule has 5 heteroatoms. The van der Waals surface area contributed by atoms with Crippen LogP contribution in [0.5, 0.6) is 0 Å². The van der Waals surface area contributed by atoms with E-state index in [1.165, 1.54) is 7.11 Å². The van der Waals surface area contributed by atoms with E-state index in [0.717, 1.165) is 37.6 Å². The van der Waals surface area contributed by atoms with Crippen molar-refractivity contribution in [3.63, 3.8) is 0 Å². The van der Waals surface area contributed by atoms with Gasteiger partial charge >= 0.3 is 13.1 Å². The van der Waals surface area contributed by atoms with Crippen molar-refractivity contribution in [1.82, 2.24) is 0 Å². The van der Waals surface area contributed by atoms with E-state index in [2.05, 4.69) is 34.3 Å². The molecule has 0 aliphatic carbocycles. The highest BCUT2D eigenvalue weighted by molar-refractivity contribution is 6.45. The first-order valence-electron chi connectivity index (χ1n) is 9.12. The van der Waals surface area contributed by atoms with Crippen LogP contribution in [0.4, 0.5) is 0 Å². The molecule has 0 amide bonds. The number of carbonyl (C=O) groups is 1. The second kappa shape index (κ2) is 8.53. The van der Waals surface area contributed by atoms with Crippen molar-refractivity contribution in [3.8, 4) is 0 Å². The quantitative estimate of drug-likeness (QED) is 0.349. The Morgan fingerprint density at radius 1 is 1.21 bits per heavy atom. The largest absolute Gasteiger partial charge is 0.469 e. The standard InChI is InChI=1S/C19H35BO4/c1-9-16(17(21)22-8)15(13-14(2)3)11-10-12-20-23-18(4,5)19(6,7)24-20/h15-16H,2,9-13H2,1,3-8H3. The van der Waals surface area contributed by atoms with Gasteiger partial charge in [0.1, 0.15) is 0 Å². The van der Waals surface area contributed by atoms with E-state index < -0.39 is 0 Å². The molecule has 4 nitrogen and oxygen atoms in total. The van der Waals surface area contributed by atoms with Gasteiger partial charge < -0.3 is 14.0 Å². The molecular weight excluding hydrogens is 303 g/mol. The van der Waals surface area contributed by atoms with Gasteiger partial charge in [-0.1, -0.05) is 18.9 Å². The van der Waals surface area contributed by atoms with Crippen molar-refractivity contribution < 1.29 is 18.8 Å². The van der Waals surface area contributed by atoms with Crippen molar-refractivity contribution in [3.05, 3.63) is 12.2 Å². The Bertz CT molecular complexity index is 429. The molecule has 1 saturated heterocycles. The third kappa shape index (κ3) is 5.35. The summed E-state index contributed by atoms with van der Waals surface area (Å²) in [5.41, 5.74) is 0.539. The van der Waals surface area contributed by atoms with Gasteiger partial charge in [0, 0.05) is 0 Å². The summed E-state index contributed by atoms with van der Waals surface area (Å²) in [6, 6.07) is 0. The number of esters is 1. The summed E-state index contributed by atoms with van der Waals surface area (Å²) in [5, 5.41) is 0. The monoisotopic (exact) mass is 338 g/mol. The van der Waals surface area contributed by atoms with Crippen LogP contribution in [0.3, 0.4) is 0 Å². The topological polar surface area (TPSA) is 44.8 Å². The predicted octanol–water partition coefficient (Wildman–Crippen LogP) is 4.64. The molecule has 1 aliphatic rings. The normalized spacial score (nSPS) is 21.4. The molecular formula is C19H35BO4. The van der Waals surface area contributed by atoms with Gasteiger partial charge in [0.15, 0.2) is 0 Å². The molecule has 0 saturated carbocycles. The maximum atomic E-state index is 12.1. The summed E-state index contributed by atoms with van der Waals surface area (Å²) in [6.45, 7) is 16.4. The van der Waals surface area contributed by atoms with Gasteiger partial charge in [0.2, 0.25) is 0 Å². The summed E-state index contributed by atoms with van der Waals surface area (Å²) in [7, 11) is 1.30. The SMILES string of the molecule is C=C(C)CC(CCCB1OC(C)(C)C(C)(C)O1)C(CC)C(=O)OC. The molecule has 2 unspecified atom stereocenters. The molecule has 1 fully saturated rings. The minimum Gasteiger partial charge on any atom is -0.469 e. The smallest absolute Gasteiger partial charge is 0.457 e. The summed E-state index contributed by atoms with van der Waals surface area (Å²) in [6.07, 6.45) is 4.40. The highest BCUT2D eigenvalue weighted by Gasteiger charge is 2.50. The lowest BCUT2D eigenvalue weighted by atomic mass is 9.77. The zero-order chi connectivity index (χ0) is 18.5. The Morgan fingerprint density at radius 3 is 2.17 bits per heavy atom. The lowest BCUT2D eigenvalue weighted by Gasteiger charge is -2.32. The van der Waals surface area contributed by atoms with Gasteiger partial charge in [-0.2, -0.15) is 0 Å². The number of rotatable bonds is 9. The molecule has 0 N–H and O–H groups in total. The van der Waals surface area contributed by atoms with Crippen LogP contribution >= 0.6 is 0 Å². The van der Waals surface area contributed by atoms with Crippen LogP contribution in [0.1, 0.15) is 67.2 Å². The number of ether oxygens (including phenoxy) is 1. The van der Waals surface area contributed by atoms with Crippen LogP contribution in [0.15, 0.2) is 12.2 Å². The van der Waals surface area contributed by atoms with Crippen molar-refractivity contribution in [2.24, 2.45) is 11.8 Å². The first-order chi connectivity index (χ1) is 11.0. The van der Waals surface area contributed by atoms with E-state index in [9.17, 15) is 4.79 Å². The maximum absolute atomic E-state index is 12.1. The third-order valence-corrected chi connectivity index (χ3v) is 5.44. The van der Waals surface area contributed by atoms with Crippen LogP contribution < -0.4 is 0 Å². The number of carbonyl (C=O) groups excluding carboxylic acids is 1. The highest BCUT2D eigenvalue weighted by Crippen LogP contribution is 2.38. The van der Waals surface area contributed by atoms with E-state index in [-0.39, 0.29) is 36.1 Å². The zero-order valence-corrected chi connectivity index (χ0v) is 16.6. The molecule has 0 radical (unpaired) electrons. The van der Waals surface area contributed by atoms with Gasteiger partial charge in [-0.05, 0) is 66.1 Å². The minimum atomic E-state index is -0.285. The van der Waals surface area contributed by atoms with Crippen LogP contribution in [0.2, 0.25) is 6.32 Å². The second-order valence-corrected chi connectivity index (χ2v) is 8.08. The van der Waals surface area contributed by atoms with E-state index in [1.807, 2.05) is 13.8 Å². The number of hydrogen-bond donors (Lipinski definition) is 0. The van der Waals surface area contributed by atoms with Crippen LogP contribution in [0.25, 0.3) is 0 Å². The molecule has 1 aliphatic heterocycles. The molecule has 2 atom stereocenters. The Kier molecular flexibility index (Phi) is 7.55. The van der Waals surface area contributed by atoms with Gasteiger partial charge in [0.05, 0.1) is 24.2 Å². The van der Waals surface area contributed by atoms with Crippen molar-refractivity contribution in [2.45, 2.75) is 84.7 Å². The Labute approximate surface area is 148 Å². The fourth-order valence-corrected chi connectivity index (χ4v) is 3.37. The van der Waals surface area contributed by atoms with E-state index >= 15 is 0 Å². The number of allylic oxidation sites excluding steroid dienone is 1. The molecule has 0 spiro atoms. The predicted molar refractivity (Wildman–Crippen MR) is 98.8 cm³/mol. The molecule has 0 aromatic rings. The fraction of sp³-hybridized carbons (Fsp3) is 0.842. The average Bonchev–Trinajstić information content (AvgIpc) is 2.66. The molecule has 24 heavy (non-hydrogen) atoms. The Hall–Kier alpha value is -0.805. The summed E-state index contributed by atoms with van der Waals surface area (Å²) >= 11 is 0. The molecule has 138 valence electrons. The van der Waals surface area contributed by atoms with Crippen LogP contribution in [0, 0.1) is 11.8 Å². The molecule has 0 bridgehead atoms. The van der Waals surface area contributed by atoms with Gasteiger partial charge in [0.25, 0.3) is 0 Å². The highest BCUT2D eigenvalue weighted by atomic mass is 16.7. The first-order valence-corrected chi connectivity index (χ1v) is 9.12. The molecule has 0 aromatic carbocycles.